The minimum Gasteiger partial charge on any atom is -0.495 e. The number of carbonyl (C=O) groups excluding carboxylic acids is 1. The number of nitrogens with one attached hydrogen (secondary N) is 1. The fourth-order valence-electron chi connectivity index (χ4n) is 4.24. The van der Waals surface area contributed by atoms with Gasteiger partial charge in [0.1, 0.15) is 10.6 Å². The molecule has 0 saturated carbocycles. The Kier molecular flexibility index (Phi) is 6.64. The standard InChI is InChI=1S/C24H31N5O4S/c1-6-15(2)26-24(30)22-21(23-25-16(3)13-17(4)29(23)27-22)18-9-10-19(33-5)20(14-18)34(31,32)28-11-7-8-12-28/h9-10,13-15H,6-8,11-12H2,1-5H3,(H,26,30). The van der Waals surface area contributed by atoms with E-state index in [1.54, 1.807) is 22.7 Å². The highest BCUT2D eigenvalue weighted by molar-refractivity contribution is 7.89. The van der Waals surface area contributed by atoms with Gasteiger partial charge in [0.05, 0.1) is 12.7 Å². The van der Waals surface area contributed by atoms with Crippen LogP contribution < -0.4 is 10.1 Å². The molecule has 1 N–H and O–H groups in total. The number of aromatic nitrogens is 3. The number of sulfonamides is 1. The van der Waals surface area contributed by atoms with Crippen LogP contribution in [-0.4, -0.2) is 59.5 Å². The average Bonchev–Trinajstić information content (AvgIpc) is 3.47. The largest absolute Gasteiger partial charge is 0.495 e. The number of methoxy groups -OCH3 is 1. The maximum atomic E-state index is 13.4. The number of rotatable bonds is 7. The van der Waals surface area contributed by atoms with Gasteiger partial charge < -0.3 is 10.1 Å². The Morgan fingerprint density at radius 1 is 1.21 bits per heavy atom. The van der Waals surface area contributed by atoms with Gasteiger partial charge in [-0.3, -0.25) is 4.79 Å². The third kappa shape index (κ3) is 4.27. The first-order valence-corrected chi connectivity index (χ1v) is 13.0. The van der Waals surface area contributed by atoms with E-state index >= 15 is 0 Å². The summed E-state index contributed by atoms with van der Waals surface area (Å²) in [6, 6.07) is 6.79. The van der Waals surface area contributed by atoms with Crippen LogP contribution in [0.25, 0.3) is 16.8 Å². The average molecular weight is 486 g/mol. The highest BCUT2D eigenvalue weighted by Gasteiger charge is 2.31. The topological polar surface area (TPSA) is 106 Å². The van der Waals surface area contributed by atoms with E-state index in [0.717, 1.165) is 30.7 Å². The second-order valence-corrected chi connectivity index (χ2v) is 10.7. The molecule has 1 aliphatic rings. The minimum absolute atomic E-state index is 0.0390. The predicted octanol–water partition coefficient (Wildman–Crippen LogP) is 3.33. The molecule has 0 bridgehead atoms. The summed E-state index contributed by atoms with van der Waals surface area (Å²) in [5, 5.41) is 7.55. The molecule has 3 aromatic rings. The molecular weight excluding hydrogens is 454 g/mol. The Balaban J connectivity index is 1.95. The molecular formula is C24H31N5O4S. The van der Waals surface area contributed by atoms with Gasteiger partial charge in [-0.15, -0.1) is 0 Å². The molecule has 1 saturated heterocycles. The summed E-state index contributed by atoms with van der Waals surface area (Å²) in [5.41, 5.74) is 3.34. The Bertz CT molecular complexity index is 1340. The first-order chi connectivity index (χ1) is 16.2. The molecule has 1 unspecified atom stereocenters. The van der Waals surface area contributed by atoms with Crippen LogP contribution in [-0.2, 0) is 10.0 Å². The van der Waals surface area contributed by atoms with Gasteiger partial charge >= 0.3 is 0 Å². The van der Waals surface area contributed by atoms with Crippen LogP contribution in [0, 0.1) is 13.8 Å². The number of amides is 1. The summed E-state index contributed by atoms with van der Waals surface area (Å²) < 4.78 is 35.4. The molecule has 1 fully saturated rings. The molecule has 1 aliphatic heterocycles. The molecule has 0 spiro atoms. The second-order valence-electron chi connectivity index (χ2n) is 8.76. The molecule has 1 amide bonds. The Hall–Kier alpha value is -2.98. The van der Waals surface area contributed by atoms with Crippen molar-refractivity contribution in [2.75, 3.05) is 20.2 Å². The quantitative estimate of drug-likeness (QED) is 0.550. The van der Waals surface area contributed by atoms with Crippen molar-refractivity contribution in [3.05, 3.63) is 41.3 Å². The monoisotopic (exact) mass is 485 g/mol. The highest BCUT2D eigenvalue weighted by Crippen LogP contribution is 2.36. The van der Waals surface area contributed by atoms with Gasteiger partial charge in [-0.2, -0.15) is 9.40 Å². The lowest BCUT2D eigenvalue weighted by Gasteiger charge is -2.18. The van der Waals surface area contributed by atoms with Crippen LogP contribution in [0.5, 0.6) is 5.75 Å². The van der Waals surface area contributed by atoms with Crippen molar-refractivity contribution in [2.24, 2.45) is 0 Å². The van der Waals surface area contributed by atoms with E-state index in [1.807, 2.05) is 33.8 Å². The van der Waals surface area contributed by atoms with E-state index in [9.17, 15) is 13.2 Å². The third-order valence-corrected chi connectivity index (χ3v) is 8.16. The lowest BCUT2D eigenvalue weighted by Crippen LogP contribution is -2.32. The van der Waals surface area contributed by atoms with Crippen molar-refractivity contribution in [3.8, 4) is 16.9 Å². The fraction of sp³-hybridized carbons (Fsp3) is 0.458. The maximum absolute atomic E-state index is 13.4. The van der Waals surface area contributed by atoms with Gasteiger partial charge in [0.2, 0.25) is 10.0 Å². The lowest BCUT2D eigenvalue weighted by atomic mass is 10.0. The summed E-state index contributed by atoms with van der Waals surface area (Å²) in [4.78, 5) is 18.0. The Morgan fingerprint density at radius 2 is 1.91 bits per heavy atom. The Labute approximate surface area is 200 Å². The van der Waals surface area contributed by atoms with Gasteiger partial charge in [0.15, 0.2) is 11.3 Å². The van der Waals surface area contributed by atoms with Crippen molar-refractivity contribution in [3.63, 3.8) is 0 Å². The fourth-order valence-corrected chi connectivity index (χ4v) is 5.94. The molecule has 9 nitrogen and oxygen atoms in total. The first-order valence-electron chi connectivity index (χ1n) is 11.5. The van der Waals surface area contributed by atoms with Gasteiger partial charge in [0.25, 0.3) is 5.91 Å². The maximum Gasteiger partial charge on any atom is 0.272 e. The number of carbonyl (C=O) groups is 1. The number of ether oxygens (including phenoxy) is 1. The molecule has 4 rings (SSSR count). The highest BCUT2D eigenvalue weighted by atomic mass is 32.2. The van der Waals surface area contributed by atoms with Crippen LogP contribution in [0.2, 0.25) is 0 Å². The molecule has 3 heterocycles. The van der Waals surface area contributed by atoms with E-state index in [0.29, 0.717) is 29.9 Å². The van der Waals surface area contributed by atoms with Crippen molar-refractivity contribution < 1.29 is 17.9 Å². The molecule has 2 aromatic heterocycles. The summed E-state index contributed by atoms with van der Waals surface area (Å²) in [5.74, 6) is -0.0651. The first kappa shape index (κ1) is 24.2. The molecule has 1 atom stereocenters. The number of hydrogen-bond donors (Lipinski definition) is 1. The number of aryl methyl sites for hydroxylation is 2. The molecule has 0 aliphatic carbocycles. The molecule has 10 heteroatoms. The SMILES string of the molecule is CCC(C)NC(=O)c1nn2c(C)cc(C)nc2c1-c1ccc(OC)c(S(=O)(=O)N2CCCC2)c1. The predicted molar refractivity (Wildman–Crippen MR) is 130 cm³/mol. The third-order valence-electron chi connectivity index (χ3n) is 6.24. The number of fused-ring (bicyclic) bond motifs is 1. The summed E-state index contributed by atoms with van der Waals surface area (Å²) in [6.07, 6.45) is 2.43. The van der Waals surface area contributed by atoms with Crippen LogP contribution >= 0.6 is 0 Å². The van der Waals surface area contributed by atoms with Crippen molar-refractivity contribution >= 4 is 21.6 Å². The van der Waals surface area contributed by atoms with E-state index in [2.05, 4.69) is 15.4 Å². The molecule has 34 heavy (non-hydrogen) atoms. The van der Waals surface area contributed by atoms with E-state index in [4.69, 9.17) is 4.74 Å². The zero-order valence-corrected chi connectivity index (χ0v) is 21.1. The summed E-state index contributed by atoms with van der Waals surface area (Å²) in [6.45, 7) is 8.65. The zero-order valence-electron chi connectivity index (χ0n) is 20.3. The van der Waals surface area contributed by atoms with Crippen LogP contribution in [0.1, 0.15) is 55.0 Å². The molecule has 0 radical (unpaired) electrons. The number of benzene rings is 1. The van der Waals surface area contributed by atoms with Crippen molar-refractivity contribution in [1.82, 2.24) is 24.2 Å². The molecule has 182 valence electrons. The summed E-state index contributed by atoms with van der Waals surface area (Å²) >= 11 is 0. The van der Waals surface area contributed by atoms with Gasteiger partial charge in [-0.1, -0.05) is 13.0 Å². The van der Waals surface area contributed by atoms with Crippen LogP contribution in [0.4, 0.5) is 0 Å². The van der Waals surface area contributed by atoms with Crippen molar-refractivity contribution in [1.29, 1.82) is 0 Å². The van der Waals surface area contributed by atoms with Gasteiger partial charge in [0, 0.05) is 30.5 Å². The Morgan fingerprint density at radius 3 is 2.56 bits per heavy atom. The number of hydrogen-bond acceptors (Lipinski definition) is 6. The zero-order chi connectivity index (χ0) is 24.6. The summed E-state index contributed by atoms with van der Waals surface area (Å²) in [7, 11) is -2.31. The van der Waals surface area contributed by atoms with E-state index in [1.165, 1.54) is 11.4 Å². The smallest absolute Gasteiger partial charge is 0.272 e. The van der Waals surface area contributed by atoms with Crippen molar-refractivity contribution in [2.45, 2.75) is 57.9 Å². The minimum atomic E-state index is -3.76. The van der Waals surface area contributed by atoms with E-state index < -0.39 is 10.0 Å². The van der Waals surface area contributed by atoms with Crippen LogP contribution in [0.15, 0.2) is 29.2 Å². The number of nitrogens with zero attached hydrogens (tertiary/aromatic N) is 4. The van der Waals surface area contributed by atoms with Gasteiger partial charge in [-0.05, 0) is 63.8 Å². The normalized spacial score (nSPS) is 15.6. The van der Waals surface area contributed by atoms with Crippen LogP contribution in [0.3, 0.4) is 0 Å². The van der Waals surface area contributed by atoms with E-state index in [-0.39, 0.29) is 28.3 Å². The molecule has 1 aromatic carbocycles. The second kappa shape index (κ2) is 9.34. The lowest BCUT2D eigenvalue weighted by molar-refractivity contribution is 0.0934. The van der Waals surface area contributed by atoms with Gasteiger partial charge in [-0.25, -0.2) is 17.9 Å².